The number of rotatable bonds is 3. The zero-order chi connectivity index (χ0) is 15.6. The Hall–Kier alpha value is -2.83. The molecule has 2 aromatic rings. The number of benzene rings is 2. The summed E-state index contributed by atoms with van der Waals surface area (Å²) < 4.78 is 26.7. The van der Waals surface area contributed by atoms with Crippen molar-refractivity contribution < 1.29 is 18.5 Å². The number of non-ortho nitro benzene ring substituents is 1. The van der Waals surface area contributed by atoms with Gasteiger partial charge < -0.3 is 5.32 Å². The molecule has 7 heteroatoms. The Morgan fingerprint density at radius 1 is 1.14 bits per heavy atom. The molecule has 0 aliphatic carbocycles. The standard InChI is InChI=1S/C14H10F2N2O3/c1-8-6-9(2-4-11(8)15)14(19)17-13-7-10(18(20)21)3-5-12(13)16/h2-7H,1H3,(H,17,19). The van der Waals surface area contributed by atoms with Crippen molar-refractivity contribution in [1.82, 2.24) is 0 Å². The summed E-state index contributed by atoms with van der Waals surface area (Å²) in [5.74, 6) is -1.95. The Morgan fingerprint density at radius 3 is 2.43 bits per heavy atom. The summed E-state index contributed by atoms with van der Waals surface area (Å²) in [5.41, 5.74) is -0.264. The topological polar surface area (TPSA) is 72.2 Å². The Kier molecular flexibility index (Phi) is 3.93. The third-order valence-electron chi connectivity index (χ3n) is 2.83. The minimum Gasteiger partial charge on any atom is -0.319 e. The number of anilines is 1. The van der Waals surface area contributed by atoms with E-state index >= 15 is 0 Å². The number of aryl methyl sites for hydroxylation is 1. The predicted molar refractivity (Wildman–Crippen MR) is 72.1 cm³/mol. The van der Waals surface area contributed by atoms with Crippen molar-refractivity contribution in [3.05, 3.63) is 69.3 Å². The average molecular weight is 292 g/mol. The Balaban J connectivity index is 2.28. The molecule has 0 saturated carbocycles. The van der Waals surface area contributed by atoms with Crippen molar-refractivity contribution in [3.63, 3.8) is 0 Å². The summed E-state index contributed by atoms with van der Waals surface area (Å²) in [5, 5.41) is 12.9. The largest absolute Gasteiger partial charge is 0.319 e. The van der Waals surface area contributed by atoms with Gasteiger partial charge in [0.05, 0.1) is 10.6 Å². The zero-order valence-corrected chi connectivity index (χ0v) is 10.9. The van der Waals surface area contributed by atoms with E-state index < -0.39 is 22.5 Å². The van der Waals surface area contributed by atoms with Gasteiger partial charge in [0, 0.05) is 17.7 Å². The number of nitro benzene ring substituents is 1. The summed E-state index contributed by atoms with van der Waals surface area (Å²) in [7, 11) is 0. The van der Waals surface area contributed by atoms with Gasteiger partial charge in [-0.1, -0.05) is 0 Å². The van der Waals surface area contributed by atoms with E-state index in [4.69, 9.17) is 0 Å². The van der Waals surface area contributed by atoms with E-state index in [0.29, 0.717) is 0 Å². The lowest BCUT2D eigenvalue weighted by molar-refractivity contribution is -0.384. The minimum absolute atomic E-state index is 0.125. The molecule has 0 fully saturated rings. The molecule has 0 bridgehead atoms. The van der Waals surface area contributed by atoms with Crippen molar-refractivity contribution in [2.75, 3.05) is 5.32 Å². The molecule has 0 saturated heterocycles. The van der Waals surface area contributed by atoms with E-state index in [0.717, 1.165) is 24.3 Å². The number of halogens is 2. The lowest BCUT2D eigenvalue weighted by Crippen LogP contribution is -2.13. The van der Waals surface area contributed by atoms with Gasteiger partial charge in [-0.3, -0.25) is 14.9 Å². The maximum Gasteiger partial charge on any atom is 0.271 e. The van der Waals surface area contributed by atoms with Gasteiger partial charge in [0.25, 0.3) is 11.6 Å². The molecule has 1 N–H and O–H groups in total. The summed E-state index contributed by atoms with van der Waals surface area (Å²) in [6.45, 7) is 1.49. The first-order valence-electron chi connectivity index (χ1n) is 5.90. The molecular weight excluding hydrogens is 282 g/mol. The van der Waals surface area contributed by atoms with Crippen LogP contribution in [0.5, 0.6) is 0 Å². The maximum absolute atomic E-state index is 13.6. The lowest BCUT2D eigenvalue weighted by Gasteiger charge is -2.07. The van der Waals surface area contributed by atoms with E-state index in [1.165, 1.54) is 19.1 Å². The predicted octanol–water partition coefficient (Wildman–Crippen LogP) is 3.43. The van der Waals surface area contributed by atoms with E-state index in [9.17, 15) is 23.7 Å². The highest BCUT2D eigenvalue weighted by Gasteiger charge is 2.14. The molecule has 0 aromatic heterocycles. The van der Waals surface area contributed by atoms with Gasteiger partial charge in [-0.15, -0.1) is 0 Å². The Bertz CT molecular complexity index is 732. The van der Waals surface area contributed by atoms with Crippen LogP contribution in [0.3, 0.4) is 0 Å². The number of hydrogen-bond acceptors (Lipinski definition) is 3. The molecule has 2 rings (SSSR count). The molecule has 2 aromatic carbocycles. The van der Waals surface area contributed by atoms with Gasteiger partial charge in [0.15, 0.2) is 0 Å². The van der Waals surface area contributed by atoms with E-state index in [2.05, 4.69) is 5.32 Å². The van der Waals surface area contributed by atoms with Crippen molar-refractivity contribution in [3.8, 4) is 0 Å². The molecule has 0 radical (unpaired) electrons. The molecule has 1 amide bonds. The summed E-state index contributed by atoms with van der Waals surface area (Å²) in [6, 6.07) is 6.47. The van der Waals surface area contributed by atoms with Gasteiger partial charge in [0.1, 0.15) is 11.6 Å². The average Bonchev–Trinajstić information content (AvgIpc) is 2.43. The van der Waals surface area contributed by atoms with Crippen molar-refractivity contribution in [1.29, 1.82) is 0 Å². The van der Waals surface area contributed by atoms with Gasteiger partial charge in [-0.05, 0) is 36.8 Å². The number of nitrogens with one attached hydrogen (secondary N) is 1. The number of carbonyl (C=O) groups excluding carboxylic acids is 1. The fourth-order valence-electron chi connectivity index (χ4n) is 1.70. The van der Waals surface area contributed by atoms with Crippen LogP contribution < -0.4 is 5.32 Å². The van der Waals surface area contributed by atoms with Crippen molar-refractivity contribution in [2.24, 2.45) is 0 Å². The monoisotopic (exact) mass is 292 g/mol. The smallest absolute Gasteiger partial charge is 0.271 e. The zero-order valence-electron chi connectivity index (χ0n) is 10.9. The highest BCUT2D eigenvalue weighted by Crippen LogP contribution is 2.22. The van der Waals surface area contributed by atoms with Crippen LogP contribution in [0.1, 0.15) is 15.9 Å². The number of nitro groups is 1. The Labute approximate surface area is 118 Å². The second-order valence-corrected chi connectivity index (χ2v) is 4.34. The highest BCUT2D eigenvalue weighted by molar-refractivity contribution is 6.04. The normalized spacial score (nSPS) is 10.2. The van der Waals surface area contributed by atoms with Crippen LogP contribution in [0, 0.1) is 28.7 Å². The second-order valence-electron chi connectivity index (χ2n) is 4.34. The number of carbonyl (C=O) groups is 1. The van der Waals surface area contributed by atoms with Crippen LogP contribution in [0.4, 0.5) is 20.2 Å². The van der Waals surface area contributed by atoms with Gasteiger partial charge >= 0.3 is 0 Å². The van der Waals surface area contributed by atoms with Gasteiger partial charge in [-0.2, -0.15) is 0 Å². The van der Waals surface area contributed by atoms with E-state index in [1.54, 1.807) is 0 Å². The number of hydrogen-bond donors (Lipinski definition) is 1. The Morgan fingerprint density at radius 2 is 1.81 bits per heavy atom. The van der Waals surface area contributed by atoms with Crippen molar-refractivity contribution >= 4 is 17.3 Å². The second kappa shape index (κ2) is 5.66. The maximum atomic E-state index is 13.6. The van der Waals surface area contributed by atoms with Crippen LogP contribution in [0.2, 0.25) is 0 Å². The quantitative estimate of drug-likeness (QED) is 0.695. The molecule has 0 unspecified atom stereocenters. The van der Waals surface area contributed by atoms with Crippen molar-refractivity contribution in [2.45, 2.75) is 6.92 Å². The SMILES string of the molecule is Cc1cc(C(=O)Nc2cc([N+](=O)[O-])ccc2F)ccc1F. The summed E-state index contributed by atoms with van der Waals surface area (Å²) in [6.07, 6.45) is 0. The molecule has 0 spiro atoms. The van der Waals surface area contributed by atoms with Crippen LogP contribution in [-0.4, -0.2) is 10.8 Å². The number of nitrogens with zero attached hydrogens (tertiary/aromatic N) is 1. The minimum atomic E-state index is -0.798. The summed E-state index contributed by atoms with van der Waals surface area (Å²) in [4.78, 5) is 21.9. The van der Waals surface area contributed by atoms with Crippen LogP contribution in [-0.2, 0) is 0 Å². The van der Waals surface area contributed by atoms with Gasteiger partial charge in [-0.25, -0.2) is 8.78 Å². The summed E-state index contributed by atoms with van der Waals surface area (Å²) >= 11 is 0. The number of amides is 1. The molecule has 0 aliphatic heterocycles. The fourth-order valence-corrected chi connectivity index (χ4v) is 1.70. The third kappa shape index (κ3) is 3.19. The lowest BCUT2D eigenvalue weighted by atomic mass is 10.1. The first kappa shape index (κ1) is 14.6. The fraction of sp³-hybridized carbons (Fsp3) is 0.0714. The van der Waals surface area contributed by atoms with Crippen LogP contribution in [0.25, 0.3) is 0 Å². The molecule has 0 heterocycles. The highest BCUT2D eigenvalue weighted by atomic mass is 19.1. The molecule has 5 nitrogen and oxygen atoms in total. The third-order valence-corrected chi connectivity index (χ3v) is 2.83. The molecule has 21 heavy (non-hydrogen) atoms. The molecule has 0 atom stereocenters. The van der Waals surface area contributed by atoms with E-state index in [1.807, 2.05) is 0 Å². The first-order chi connectivity index (χ1) is 9.88. The molecule has 108 valence electrons. The van der Waals surface area contributed by atoms with E-state index in [-0.39, 0.29) is 22.5 Å². The van der Waals surface area contributed by atoms with Gasteiger partial charge in [0.2, 0.25) is 0 Å². The first-order valence-corrected chi connectivity index (χ1v) is 5.90. The van der Waals surface area contributed by atoms with Crippen LogP contribution >= 0.6 is 0 Å². The van der Waals surface area contributed by atoms with Crippen LogP contribution in [0.15, 0.2) is 36.4 Å². The molecular formula is C14H10F2N2O3. The molecule has 0 aliphatic rings.